The minimum atomic E-state index is -0.941. The molecule has 3 amide bonds. The maximum Gasteiger partial charge on any atom is 0.303 e. The van der Waals surface area contributed by atoms with Gasteiger partial charge in [-0.15, -0.1) is 0 Å². The van der Waals surface area contributed by atoms with Gasteiger partial charge in [-0.3, -0.25) is 19.2 Å². The molecule has 0 saturated heterocycles. The van der Waals surface area contributed by atoms with Crippen molar-refractivity contribution in [3.8, 4) is 11.1 Å². The van der Waals surface area contributed by atoms with Gasteiger partial charge in [-0.2, -0.15) is 0 Å². The lowest BCUT2D eigenvalue weighted by molar-refractivity contribution is -0.140. The molecule has 13 heteroatoms. The summed E-state index contributed by atoms with van der Waals surface area (Å²) in [5, 5.41) is 27.7. The van der Waals surface area contributed by atoms with Crippen molar-refractivity contribution in [1.82, 2.24) is 25.4 Å². The Morgan fingerprint density at radius 1 is 0.962 bits per heavy atom. The molecule has 0 radical (unpaired) electrons. The third-order valence-corrected chi connectivity index (χ3v) is 9.03. The van der Waals surface area contributed by atoms with E-state index in [1.54, 1.807) is 19.3 Å². The summed E-state index contributed by atoms with van der Waals surface area (Å²) in [7, 11) is 1.61. The number of carboxylic acid groups (broad SMARTS) is 1. The molecule has 0 aliphatic rings. The number of benzene rings is 2. The average molecular weight is 726 g/mol. The number of amides is 3. The Balaban J connectivity index is 1.85. The first-order chi connectivity index (χ1) is 24.5. The number of carboxylic acids is 1. The molecule has 0 spiro atoms. The van der Waals surface area contributed by atoms with E-state index in [4.69, 9.17) is 5.11 Å². The summed E-state index contributed by atoms with van der Waals surface area (Å²) in [6.07, 6.45) is 2.11. The highest BCUT2D eigenvalue weighted by Gasteiger charge is 2.37. The Kier molecular flexibility index (Phi) is 15.5. The molecule has 1 aromatic heterocycles. The molecule has 0 fully saturated rings. The van der Waals surface area contributed by atoms with Gasteiger partial charge in [0.05, 0.1) is 12.1 Å². The molecule has 0 bridgehead atoms. The van der Waals surface area contributed by atoms with Crippen molar-refractivity contribution in [1.29, 1.82) is 0 Å². The van der Waals surface area contributed by atoms with Gasteiger partial charge in [-0.25, -0.2) is 8.78 Å². The Morgan fingerprint density at radius 2 is 1.65 bits per heavy atom. The van der Waals surface area contributed by atoms with Crippen molar-refractivity contribution in [2.24, 2.45) is 11.3 Å². The van der Waals surface area contributed by atoms with Gasteiger partial charge in [-0.05, 0) is 61.1 Å². The Bertz CT molecular complexity index is 1660. The van der Waals surface area contributed by atoms with Crippen LogP contribution in [0.2, 0.25) is 0 Å². The van der Waals surface area contributed by atoms with E-state index in [9.17, 15) is 28.7 Å². The number of hydrogen-bond acceptors (Lipinski definition) is 6. The van der Waals surface area contributed by atoms with Crippen LogP contribution in [0.15, 0.2) is 60.8 Å². The molecule has 3 rings (SSSR count). The second-order valence-electron chi connectivity index (χ2n) is 14.4. The van der Waals surface area contributed by atoms with E-state index in [0.29, 0.717) is 24.2 Å². The molecule has 0 aliphatic heterocycles. The van der Waals surface area contributed by atoms with Crippen molar-refractivity contribution in [2.75, 3.05) is 26.7 Å². The predicted octanol–water partition coefficient (Wildman–Crippen LogP) is 4.88. The van der Waals surface area contributed by atoms with Crippen LogP contribution in [0, 0.1) is 23.0 Å². The second-order valence-corrected chi connectivity index (χ2v) is 14.4. The van der Waals surface area contributed by atoms with Crippen LogP contribution >= 0.6 is 0 Å². The monoisotopic (exact) mass is 725 g/mol. The Morgan fingerprint density at radius 3 is 2.25 bits per heavy atom. The van der Waals surface area contributed by atoms with E-state index >= 15 is 4.39 Å². The smallest absolute Gasteiger partial charge is 0.303 e. The van der Waals surface area contributed by atoms with Gasteiger partial charge in [0.1, 0.15) is 18.2 Å². The normalized spacial score (nSPS) is 13.3. The molecule has 0 aliphatic carbocycles. The van der Waals surface area contributed by atoms with Gasteiger partial charge >= 0.3 is 5.97 Å². The largest absolute Gasteiger partial charge is 0.481 e. The molecule has 284 valence electrons. The van der Waals surface area contributed by atoms with Gasteiger partial charge < -0.3 is 35.6 Å². The lowest BCUT2D eigenvalue weighted by Gasteiger charge is -2.41. The number of nitrogens with zero attached hydrogens (tertiary/aromatic N) is 2. The van der Waals surface area contributed by atoms with Crippen LogP contribution in [0.1, 0.15) is 77.6 Å². The van der Waals surface area contributed by atoms with Crippen LogP contribution in [0.4, 0.5) is 8.78 Å². The van der Waals surface area contributed by atoms with E-state index in [-0.39, 0.29) is 61.7 Å². The number of carbonyl (C=O) groups excluding carboxylic acids is 3. The van der Waals surface area contributed by atoms with Crippen LogP contribution in [0.25, 0.3) is 11.1 Å². The number of rotatable bonds is 19. The van der Waals surface area contributed by atoms with Crippen LogP contribution in [-0.2, 0) is 25.7 Å². The summed E-state index contributed by atoms with van der Waals surface area (Å²) in [5.41, 5.74) is 1.45. The Labute approximate surface area is 304 Å². The fraction of sp³-hybridized carbons (Fsp3) is 0.487. The number of likely N-dealkylation sites (N-methyl/N-ethyl adjacent to an activating group) is 1. The van der Waals surface area contributed by atoms with Gasteiger partial charge in [0.25, 0.3) is 0 Å². The molecule has 0 unspecified atom stereocenters. The van der Waals surface area contributed by atoms with Gasteiger partial charge in [0.15, 0.2) is 0 Å². The minimum absolute atomic E-state index is 0.00761. The summed E-state index contributed by atoms with van der Waals surface area (Å²) in [5.74, 6) is -3.37. The van der Waals surface area contributed by atoms with E-state index in [0.717, 1.165) is 23.8 Å². The maximum atomic E-state index is 15.0. The average Bonchev–Trinajstić information content (AvgIpc) is 3.48. The molecular formula is C39H53F2N5O6. The van der Waals surface area contributed by atoms with Crippen molar-refractivity contribution >= 4 is 23.7 Å². The molecule has 52 heavy (non-hydrogen) atoms. The standard InChI is InChI=1S/C39H53F2N5O6/c1-25(2)31(14-15-36(50)51)44-34(48)16-18-43-38(52)32(42-6)17-19-46(35(49)24-47)37(39(3,4)5)33-20-27(29-21-28(40)12-13-30(29)41)23-45(33)22-26-10-8-7-9-11-26/h7-13,20-21,23,25,31-32,37,42,47H,14-19,22,24H2,1-6H3,(H,43,52)(H,44,48)(H,50,51)/t31-,32+,37+/m1/s1. The summed E-state index contributed by atoms with van der Waals surface area (Å²) >= 11 is 0. The minimum Gasteiger partial charge on any atom is -0.481 e. The molecule has 3 atom stereocenters. The summed E-state index contributed by atoms with van der Waals surface area (Å²) in [4.78, 5) is 51.9. The number of carbonyl (C=O) groups is 4. The first-order valence-electron chi connectivity index (χ1n) is 17.6. The van der Waals surface area contributed by atoms with Crippen LogP contribution in [0.5, 0.6) is 0 Å². The van der Waals surface area contributed by atoms with E-state index in [1.807, 2.05) is 69.5 Å². The van der Waals surface area contributed by atoms with Gasteiger partial charge in [0.2, 0.25) is 17.7 Å². The van der Waals surface area contributed by atoms with Crippen molar-refractivity contribution in [3.05, 3.63) is 83.7 Å². The van der Waals surface area contributed by atoms with E-state index in [1.165, 1.54) is 4.90 Å². The predicted molar refractivity (Wildman–Crippen MR) is 195 cm³/mol. The number of aliphatic hydroxyl groups excluding tert-OH is 1. The van der Waals surface area contributed by atoms with E-state index < -0.39 is 47.6 Å². The second kappa shape index (κ2) is 19.3. The number of aromatic nitrogens is 1. The topological polar surface area (TPSA) is 153 Å². The summed E-state index contributed by atoms with van der Waals surface area (Å²) in [6, 6.07) is 12.8. The number of hydrogen-bond donors (Lipinski definition) is 5. The maximum absolute atomic E-state index is 15.0. The molecule has 5 N–H and O–H groups in total. The van der Waals surface area contributed by atoms with Crippen LogP contribution < -0.4 is 16.0 Å². The zero-order valence-electron chi connectivity index (χ0n) is 30.9. The lowest BCUT2D eigenvalue weighted by Crippen LogP contribution is -2.48. The SMILES string of the molecule is CN[C@@H](CCN(C(=O)CO)[C@@H](c1cc(-c2cc(F)ccc2F)cn1Cc1ccccc1)C(C)(C)C)C(=O)NCCC(=O)N[C@H](CCC(=O)O)C(C)C. The zero-order valence-corrected chi connectivity index (χ0v) is 30.9. The zero-order chi connectivity index (χ0) is 38.6. The first-order valence-corrected chi connectivity index (χ1v) is 17.6. The van der Waals surface area contributed by atoms with Crippen LogP contribution in [0.3, 0.4) is 0 Å². The summed E-state index contributed by atoms with van der Waals surface area (Å²) < 4.78 is 31.3. The third kappa shape index (κ3) is 12.0. The summed E-state index contributed by atoms with van der Waals surface area (Å²) in [6.45, 7) is 9.29. The molecule has 2 aromatic carbocycles. The van der Waals surface area contributed by atoms with Crippen LogP contribution in [-0.4, -0.2) is 82.2 Å². The van der Waals surface area contributed by atoms with E-state index in [2.05, 4.69) is 16.0 Å². The number of nitrogens with one attached hydrogen (secondary N) is 3. The molecule has 0 saturated carbocycles. The van der Waals surface area contributed by atoms with Crippen molar-refractivity contribution in [2.45, 2.75) is 85.0 Å². The first kappa shape index (κ1) is 41.8. The molecule has 11 nitrogen and oxygen atoms in total. The number of halogens is 2. The lowest BCUT2D eigenvalue weighted by atomic mass is 9.82. The van der Waals surface area contributed by atoms with Gasteiger partial charge in [0, 0.05) is 61.5 Å². The Hall–Kier alpha value is -4.62. The third-order valence-electron chi connectivity index (χ3n) is 9.03. The van der Waals surface area contributed by atoms with Gasteiger partial charge in [-0.1, -0.05) is 65.0 Å². The highest BCUT2D eigenvalue weighted by Crippen LogP contribution is 2.41. The fourth-order valence-electron chi connectivity index (χ4n) is 6.33. The quantitative estimate of drug-likeness (QED) is 0.118. The highest BCUT2D eigenvalue weighted by molar-refractivity contribution is 5.83. The number of aliphatic carboxylic acids is 1. The highest BCUT2D eigenvalue weighted by atomic mass is 19.1. The fourth-order valence-corrected chi connectivity index (χ4v) is 6.33. The molecule has 1 heterocycles. The van der Waals surface area contributed by atoms with Crippen molar-refractivity contribution in [3.63, 3.8) is 0 Å². The molecular weight excluding hydrogens is 672 g/mol. The number of aliphatic hydroxyl groups is 1. The van der Waals surface area contributed by atoms with Crippen molar-refractivity contribution < 1.29 is 38.2 Å². The molecule has 3 aromatic rings.